The summed E-state index contributed by atoms with van der Waals surface area (Å²) in [6.45, 7) is 0.819. The molecule has 6 nitrogen and oxygen atoms in total. The molecule has 0 bridgehead atoms. The van der Waals surface area contributed by atoms with Crippen molar-refractivity contribution in [3.63, 3.8) is 0 Å². The SMILES string of the molecule is CC(=O)c1cc(C(=O)NCc2ccc(F)c(C(F)(F)F)c2)nc2c(F)cnn12. The zero-order valence-corrected chi connectivity index (χ0v) is 14.1. The van der Waals surface area contributed by atoms with Gasteiger partial charge in [-0.25, -0.2) is 18.3 Å². The van der Waals surface area contributed by atoms with E-state index < -0.39 is 35.1 Å². The largest absolute Gasteiger partial charge is 0.419 e. The van der Waals surface area contributed by atoms with Gasteiger partial charge < -0.3 is 5.32 Å². The average Bonchev–Trinajstić information content (AvgIpc) is 3.00. The average molecular weight is 398 g/mol. The molecule has 0 saturated carbocycles. The van der Waals surface area contributed by atoms with E-state index in [1.807, 2.05) is 0 Å². The summed E-state index contributed by atoms with van der Waals surface area (Å²) in [6.07, 6.45) is -4.06. The molecule has 0 radical (unpaired) electrons. The van der Waals surface area contributed by atoms with Gasteiger partial charge in [-0.2, -0.15) is 18.3 Å². The maximum Gasteiger partial charge on any atom is 0.419 e. The zero-order valence-electron chi connectivity index (χ0n) is 14.1. The van der Waals surface area contributed by atoms with Crippen molar-refractivity contribution in [1.29, 1.82) is 0 Å². The first-order valence-electron chi connectivity index (χ1n) is 7.77. The minimum absolute atomic E-state index is 0.00882. The number of Topliss-reactive ketones (excluding diaryl/α,β-unsaturated/α-hetero) is 1. The van der Waals surface area contributed by atoms with Crippen molar-refractivity contribution in [2.24, 2.45) is 0 Å². The Labute approximate surface area is 154 Å². The Balaban J connectivity index is 1.86. The van der Waals surface area contributed by atoms with Crippen molar-refractivity contribution in [2.75, 3.05) is 0 Å². The second kappa shape index (κ2) is 6.98. The summed E-state index contributed by atoms with van der Waals surface area (Å²) in [6, 6.07) is 3.38. The first kappa shape index (κ1) is 19.4. The number of nitrogens with zero attached hydrogens (tertiary/aromatic N) is 3. The number of hydrogen-bond acceptors (Lipinski definition) is 4. The fourth-order valence-electron chi connectivity index (χ4n) is 2.48. The van der Waals surface area contributed by atoms with Gasteiger partial charge in [0.15, 0.2) is 17.2 Å². The molecule has 0 aliphatic rings. The minimum Gasteiger partial charge on any atom is -0.347 e. The topological polar surface area (TPSA) is 76.4 Å². The minimum atomic E-state index is -4.88. The highest BCUT2D eigenvalue weighted by atomic mass is 19.4. The molecule has 0 unspecified atom stereocenters. The van der Waals surface area contributed by atoms with E-state index >= 15 is 0 Å². The van der Waals surface area contributed by atoms with Gasteiger partial charge >= 0.3 is 6.18 Å². The lowest BCUT2D eigenvalue weighted by molar-refractivity contribution is -0.140. The molecule has 11 heteroatoms. The molecule has 1 amide bonds. The number of nitrogens with one attached hydrogen (secondary N) is 1. The van der Waals surface area contributed by atoms with Crippen LogP contribution in [0.1, 0.15) is 39.0 Å². The normalized spacial score (nSPS) is 11.6. The number of amides is 1. The highest BCUT2D eigenvalue weighted by molar-refractivity contribution is 5.98. The van der Waals surface area contributed by atoms with Gasteiger partial charge in [-0.15, -0.1) is 0 Å². The molecular weight excluding hydrogens is 387 g/mol. The lowest BCUT2D eigenvalue weighted by Crippen LogP contribution is -2.25. The molecule has 2 heterocycles. The van der Waals surface area contributed by atoms with Crippen LogP contribution in [0.3, 0.4) is 0 Å². The first-order valence-corrected chi connectivity index (χ1v) is 7.77. The Kier molecular flexibility index (Phi) is 4.84. The van der Waals surface area contributed by atoms with E-state index in [1.54, 1.807) is 0 Å². The molecule has 146 valence electrons. The van der Waals surface area contributed by atoms with E-state index in [2.05, 4.69) is 15.4 Å². The van der Waals surface area contributed by atoms with Crippen molar-refractivity contribution < 1.29 is 31.5 Å². The Bertz CT molecular complexity index is 1090. The standard InChI is InChI=1S/C17H11F5N4O2/c1-8(27)14-5-13(25-15-12(19)7-24-26(14)15)16(28)23-6-9-2-3-11(18)10(4-9)17(20,21)22/h2-5,7H,6H2,1H3,(H,23,28). The van der Waals surface area contributed by atoms with Gasteiger partial charge in [-0.05, 0) is 23.8 Å². The van der Waals surface area contributed by atoms with Crippen LogP contribution in [0.5, 0.6) is 0 Å². The van der Waals surface area contributed by atoms with Gasteiger partial charge in [0.05, 0.1) is 11.8 Å². The number of carbonyl (C=O) groups is 2. The highest BCUT2D eigenvalue weighted by Gasteiger charge is 2.34. The van der Waals surface area contributed by atoms with Gasteiger partial charge in [-0.3, -0.25) is 9.59 Å². The summed E-state index contributed by atoms with van der Waals surface area (Å²) in [5, 5.41) is 5.96. The third kappa shape index (κ3) is 3.68. The van der Waals surface area contributed by atoms with Gasteiger partial charge in [-0.1, -0.05) is 6.07 Å². The predicted molar refractivity (Wildman–Crippen MR) is 85.5 cm³/mol. The summed E-state index contributed by atoms with van der Waals surface area (Å²) < 4.78 is 66.3. The van der Waals surface area contributed by atoms with Crippen LogP contribution < -0.4 is 5.32 Å². The fraction of sp³-hybridized carbons (Fsp3) is 0.176. The van der Waals surface area contributed by atoms with Crippen LogP contribution in [-0.2, 0) is 12.7 Å². The van der Waals surface area contributed by atoms with Crippen LogP contribution in [0.25, 0.3) is 5.65 Å². The molecule has 0 atom stereocenters. The molecule has 2 aromatic heterocycles. The molecule has 1 N–H and O–H groups in total. The number of alkyl halides is 3. The monoisotopic (exact) mass is 398 g/mol. The van der Waals surface area contributed by atoms with E-state index in [-0.39, 0.29) is 29.1 Å². The van der Waals surface area contributed by atoms with Crippen molar-refractivity contribution >= 4 is 17.3 Å². The Morgan fingerprint density at radius 3 is 2.50 bits per heavy atom. The molecule has 0 fully saturated rings. The van der Waals surface area contributed by atoms with E-state index in [9.17, 15) is 31.5 Å². The number of halogens is 5. The van der Waals surface area contributed by atoms with Gasteiger partial charge in [0.1, 0.15) is 17.2 Å². The summed E-state index contributed by atoms with van der Waals surface area (Å²) in [4.78, 5) is 27.8. The zero-order chi connectivity index (χ0) is 20.6. The molecule has 3 rings (SSSR count). The van der Waals surface area contributed by atoms with Crippen molar-refractivity contribution in [3.05, 3.63) is 64.6 Å². The number of benzene rings is 1. The van der Waals surface area contributed by atoms with Crippen molar-refractivity contribution in [1.82, 2.24) is 19.9 Å². The Morgan fingerprint density at radius 1 is 1.14 bits per heavy atom. The van der Waals surface area contributed by atoms with Crippen LogP contribution in [0.4, 0.5) is 22.0 Å². The molecule has 0 aliphatic carbocycles. The quantitative estimate of drug-likeness (QED) is 0.541. The molecule has 28 heavy (non-hydrogen) atoms. The van der Waals surface area contributed by atoms with Crippen LogP contribution in [0.15, 0.2) is 30.5 Å². The Morgan fingerprint density at radius 2 is 1.86 bits per heavy atom. The summed E-state index contributed by atoms with van der Waals surface area (Å²) >= 11 is 0. The van der Waals surface area contributed by atoms with Crippen molar-refractivity contribution in [3.8, 4) is 0 Å². The van der Waals surface area contributed by atoms with Crippen LogP contribution >= 0.6 is 0 Å². The van der Waals surface area contributed by atoms with Gasteiger partial charge in [0.2, 0.25) is 0 Å². The number of rotatable bonds is 4. The first-order chi connectivity index (χ1) is 13.1. The molecular formula is C17H11F5N4O2. The number of hydrogen-bond donors (Lipinski definition) is 1. The lowest BCUT2D eigenvalue weighted by atomic mass is 10.1. The molecule has 0 aliphatic heterocycles. The maximum atomic E-state index is 13.7. The van der Waals surface area contributed by atoms with E-state index in [0.29, 0.717) is 12.1 Å². The lowest BCUT2D eigenvalue weighted by Gasteiger charge is -2.11. The maximum absolute atomic E-state index is 13.7. The predicted octanol–water partition coefficient (Wildman–Crippen LogP) is 3.16. The van der Waals surface area contributed by atoms with E-state index in [0.717, 1.165) is 22.8 Å². The van der Waals surface area contributed by atoms with Gasteiger partial charge in [0, 0.05) is 13.5 Å². The molecule has 1 aromatic carbocycles. The number of ketones is 1. The van der Waals surface area contributed by atoms with Gasteiger partial charge in [0.25, 0.3) is 5.91 Å². The third-order valence-corrected chi connectivity index (χ3v) is 3.81. The van der Waals surface area contributed by atoms with Crippen molar-refractivity contribution in [2.45, 2.75) is 19.6 Å². The summed E-state index contributed by atoms with van der Waals surface area (Å²) in [7, 11) is 0. The number of aromatic nitrogens is 3. The van der Waals surface area contributed by atoms with Crippen LogP contribution in [0.2, 0.25) is 0 Å². The Hall–Kier alpha value is -3.37. The third-order valence-electron chi connectivity index (χ3n) is 3.81. The molecule has 0 saturated heterocycles. The molecule has 0 spiro atoms. The highest BCUT2D eigenvalue weighted by Crippen LogP contribution is 2.31. The smallest absolute Gasteiger partial charge is 0.347 e. The summed E-state index contributed by atoms with van der Waals surface area (Å²) in [5.41, 5.74) is -2.24. The summed E-state index contributed by atoms with van der Waals surface area (Å²) in [5.74, 6) is -3.65. The van der Waals surface area contributed by atoms with Crippen LogP contribution in [-0.4, -0.2) is 26.3 Å². The van der Waals surface area contributed by atoms with Crippen LogP contribution in [0, 0.1) is 11.6 Å². The fourth-order valence-corrected chi connectivity index (χ4v) is 2.48. The number of carbonyl (C=O) groups excluding carboxylic acids is 2. The molecule has 3 aromatic rings. The second-order valence-electron chi connectivity index (χ2n) is 5.81. The second-order valence-corrected chi connectivity index (χ2v) is 5.81. The number of fused-ring (bicyclic) bond motifs is 1. The van der Waals surface area contributed by atoms with E-state index in [4.69, 9.17) is 0 Å². The van der Waals surface area contributed by atoms with E-state index in [1.165, 1.54) is 6.92 Å².